The summed E-state index contributed by atoms with van der Waals surface area (Å²) >= 11 is 0. The van der Waals surface area contributed by atoms with Crippen LogP contribution in [0.5, 0.6) is 0 Å². The minimum Gasteiger partial charge on any atom is -0.392 e. The summed E-state index contributed by atoms with van der Waals surface area (Å²) in [4.78, 5) is 0. The Morgan fingerprint density at radius 2 is 1.70 bits per heavy atom. The topological polar surface area (TPSA) is 32.3 Å². The Labute approximate surface area is 122 Å². The first-order chi connectivity index (χ1) is 9.84. The molecule has 0 saturated heterocycles. The number of rotatable bonds is 2. The number of benzene rings is 1. The van der Waals surface area contributed by atoms with E-state index in [1.165, 1.54) is 56.1 Å². The number of hydrogen-bond donors (Lipinski definition) is 2. The van der Waals surface area contributed by atoms with Crippen LogP contribution in [0.25, 0.3) is 0 Å². The average Bonchev–Trinajstić information content (AvgIpc) is 2.79. The van der Waals surface area contributed by atoms with Gasteiger partial charge in [-0.15, -0.1) is 0 Å². The van der Waals surface area contributed by atoms with E-state index < -0.39 is 0 Å². The van der Waals surface area contributed by atoms with E-state index in [4.69, 9.17) is 0 Å². The highest BCUT2D eigenvalue weighted by Crippen LogP contribution is 2.30. The summed E-state index contributed by atoms with van der Waals surface area (Å²) in [5, 5.41) is 14.1. The fourth-order valence-electron chi connectivity index (χ4n) is 3.84. The van der Waals surface area contributed by atoms with Crippen molar-refractivity contribution in [3.63, 3.8) is 0 Å². The molecule has 0 spiro atoms. The van der Waals surface area contributed by atoms with E-state index in [0.717, 1.165) is 12.8 Å². The van der Waals surface area contributed by atoms with Crippen LogP contribution in [0.2, 0.25) is 0 Å². The lowest BCUT2D eigenvalue weighted by Crippen LogP contribution is -2.41. The molecule has 0 aliphatic heterocycles. The molecule has 110 valence electrons. The van der Waals surface area contributed by atoms with Crippen molar-refractivity contribution in [3.8, 4) is 0 Å². The van der Waals surface area contributed by atoms with Gasteiger partial charge < -0.3 is 10.4 Å². The normalized spacial score (nSPS) is 31.1. The molecular formula is C18H27NO. The van der Waals surface area contributed by atoms with Gasteiger partial charge in [0.05, 0.1) is 6.10 Å². The summed E-state index contributed by atoms with van der Waals surface area (Å²) in [7, 11) is 0. The molecule has 0 bridgehead atoms. The van der Waals surface area contributed by atoms with Crippen molar-refractivity contribution in [2.24, 2.45) is 0 Å². The van der Waals surface area contributed by atoms with Gasteiger partial charge in [-0.25, -0.2) is 0 Å². The van der Waals surface area contributed by atoms with Crippen molar-refractivity contribution in [1.29, 1.82) is 0 Å². The Morgan fingerprint density at radius 1 is 0.900 bits per heavy atom. The van der Waals surface area contributed by atoms with Crippen LogP contribution in [0.3, 0.4) is 0 Å². The molecule has 2 nitrogen and oxygen atoms in total. The molecule has 2 aliphatic rings. The molecule has 20 heavy (non-hydrogen) atoms. The van der Waals surface area contributed by atoms with E-state index in [0.29, 0.717) is 6.04 Å². The van der Waals surface area contributed by atoms with Crippen LogP contribution in [0.1, 0.15) is 68.5 Å². The molecule has 1 fully saturated rings. The van der Waals surface area contributed by atoms with Crippen LogP contribution in [-0.4, -0.2) is 17.3 Å². The Morgan fingerprint density at radius 3 is 2.65 bits per heavy atom. The number of aryl methyl sites for hydroxylation is 1. The fourth-order valence-corrected chi connectivity index (χ4v) is 3.84. The van der Waals surface area contributed by atoms with E-state index in [1.807, 2.05) is 0 Å². The van der Waals surface area contributed by atoms with Crippen LogP contribution >= 0.6 is 0 Å². The van der Waals surface area contributed by atoms with E-state index >= 15 is 0 Å². The minimum atomic E-state index is -0.159. The van der Waals surface area contributed by atoms with Gasteiger partial charge in [0.2, 0.25) is 0 Å². The first kappa shape index (κ1) is 14.1. The Balaban J connectivity index is 1.75. The highest BCUT2D eigenvalue weighted by molar-refractivity contribution is 5.31. The summed E-state index contributed by atoms with van der Waals surface area (Å²) in [5.74, 6) is 0. The first-order valence-corrected chi connectivity index (χ1v) is 8.36. The maximum Gasteiger partial charge on any atom is 0.0693 e. The first-order valence-electron chi connectivity index (χ1n) is 8.36. The van der Waals surface area contributed by atoms with Crippen molar-refractivity contribution in [2.45, 2.75) is 76.0 Å². The number of hydrogen-bond acceptors (Lipinski definition) is 2. The van der Waals surface area contributed by atoms with Gasteiger partial charge in [-0.05, 0) is 43.2 Å². The molecule has 0 radical (unpaired) electrons. The SMILES string of the molecule is OC1CCCCCC1NC1CCCCc2ccccc21. The predicted octanol–water partition coefficient (Wildman–Crippen LogP) is 3.74. The highest BCUT2D eigenvalue weighted by atomic mass is 16.3. The van der Waals surface area contributed by atoms with Crippen LogP contribution in [0.15, 0.2) is 24.3 Å². The fraction of sp³-hybridized carbons (Fsp3) is 0.667. The summed E-state index contributed by atoms with van der Waals surface area (Å²) in [6.45, 7) is 0. The molecule has 3 rings (SSSR count). The average molecular weight is 273 g/mol. The quantitative estimate of drug-likeness (QED) is 0.635. The van der Waals surface area contributed by atoms with Gasteiger partial charge in [-0.2, -0.15) is 0 Å². The predicted molar refractivity (Wildman–Crippen MR) is 82.8 cm³/mol. The number of aliphatic hydroxyl groups is 1. The second kappa shape index (κ2) is 6.73. The van der Waals surface area contributed by atoms with Gasteiger partial charge in [0.1, 0.15) is 0 Å². The third-order valence-corrected chi connectivity index (χ3v) is 5.01. The Kier molecular flexibility index (Phi) is 4.74. The van der Waals surface area contributed by atoms with Gasteiger partial charge >= 0.3 is 0 Å². The molecule has 1 aromatic rings. The van der Waals surface area contributed by atoms with Crippen LogP contribution in [0, 0.1) is 0 Å². The van der Waals surface area contributed by atoms with Crippen molar-refractivity contribution < 1.29 is 5.11 Å². The van der Waals surface area contributed by atoms with Crippen molar-refractivity contribution in [2.75, 3.05) is 0 Å². The lowest BCUT2D eigenvalue weighted by molar-refractivity contribution is 0.112. The van der Waals surface area contributed by atoms with Crippen molar-refractivity contribution in [3.05, 3.63) is 35.4 Å². The monoisotopic (exact) mass is 273 g/mol. The Bertz CT molecular complexity index is 431. The zero-order chi connectivity index (χ0) is 13.8. The van der Waals surface area contributed by atoms with Crippen LogP contribution in [0.4, 0.5) is 0 Å². The van der Waals surface area contributed by atoms with Crippen molar-refractivity contribution in [1.82, 2.24) is 5.32 Å². The molecular weight excluding hydrogens is 246 g/mol. The van der Waals surface area contributed by atoms with E-state index in [1.54, 1.807) is 0 Å². The summed E-state index contributed by atoms with van der Waals surface area (Å²) in [5.41, 5.74) is 2.98. The molecule has 2 N–H and O–H groups in total. The zero-order valence-corrected chi connectivity index (χ0v) is 12.4. The largest absolute Gasteiger partial charge is 0.392 e. The van der Waals surface area contributed by atoms with E-state index in [9.17, 15) is 5.11 Å². The molecule has 0 amide bonds. The number of nitrogens with one attached hydrogen (secondary N) is 1. The van der Waals surface area contributed by atoms with Crippen molar-refractivity contribution >= 4 is 0 Å². The van der Waals surface area contributed by atoms with Gasteiger partial charge in [0.15, 0.2) is 0 Å². The van der Waals surface area contributed by atoms with Gasteiger partial charge in [0.25, 0.3) is 0 Å². The maximum atomic E-state index is 10.3. The molecule has 2 aliphatic carbocycles. The molecule has 0 aromatic heterocycles. The third kappa shape index (κ3) is 3.24. The Hall–Kier alpha value is -0.860. The zero-order valence-electron chi connectivity index (χ0n) is 12.4. The smallest absolute Gasteiger partial charge is 0.0693 e. The molecule has 2 heteroatoms. The summed E-state index contributed by atoms with van der Waals surface area (Å²) in [6, 6.07) is 9.59. The van der Waals surface area contributed by atoms with Crippen LogP contribution in [-0.2, 0) is 6.42 Å². The molecule has 0 heterocycles. The van der Waals surface area contributed by atoms with Gasteiger partial charge in [-0.1, -0.05) is 49.9 Å². The number of fused-ring (bicyclic) bond motifs is 1. The minimum absolute atomic E-state index is 0.159. The highest BCUT2D eigenvalue weighted by Gasteiger charge is 2.26. The maximum absolute atomic E-state index is 10.3. The lowest BCUT2D eigenvalue weighted by Gasteiger charge is -2.28. The standard InChI is InChI=1S/C18H27NO/c20-18-13-3-1-2-12-17(18)19-16-11-7-5-9-14-8-4-6-10-15(14)16/h4,6,8,10,16-20H,1-3,5,7,9,11-13H2. The van der Waals surface area contributed by atoms with Crippen LogP contribution < -0.4 is 5.32 Å². The number of aliphatic hydroxyl groups excluding tert-OH is 1. The second-order valence-corrected chi connectivity index (χ2v) is 6.48. The second-order valence-electron chi connectivity index (χ2n) is 6.48. The molecule has 3 unspecified atom stereocenters. The van der Waals surface area contributed by atoms with Gasteiger partial charge in [0, 0.05) is 12.1 Å². The lowest BCUT2D eigenvalue weighted by atomic mass is 9.96. The van der Waals surface area contributed by atoms with E-state index in [2.05, 4.69) is 29.6 Å². The van der Waals surface area contributed by atoms with E-state index in [-0.39, 0.29) is 12.1 Å². The summed E-state index contributed by atoms with van der Waals surface area (Å²) in [6.07, 6.45) is 10.6. The summed E-state index contributed by atoms with van der Waals surface area (Å²) < 4.78 is 0. The molecule has 1 aromatic carbocycles. The molecule has 1 saturated carbocycles. The third-order valence-electron chi connectivity index (χ3n) is 5.01. The van der Waals surface area contributed by atoms with Gasteiger partial charge in [-0.3, -0.25) is 0 Å². The molecule has 3 atom stereocenters.